The molecule has 9 nitrogen and oxygen atoms in total. The zero-order valence-corrected chi connectivity index (χ0v) is 15.6. The van der Waals surface area contributed by atoms with Crippen molar-refractivity contribution in [1.82, 2.24) is 24.6 Å². The Balaban J connectivity index is 1.52. The molecular formula is C18H24N6O3. The minimum atomic E-state index is -0.516. The normalized spacial score (nSPS) is 16.3. The number of nitro groups is 1. The summed E-state index contributed by atoms with van der Waals surface area (Å²) in [5.41, 5.74) is 1.85. The summed E-state index contributed by atoms with van der Waals surface area (Å²) in [7, 11) is 0. The Kier molecular flexibility index (Phi) is 5.80. The lowest BCUT2D eigenvalue weighted by Gasteiger charge is -2.35. The summed E-state index contributed by atoms with van der Waals surface area (Å²) < 4.78 is 1.54. The first-order valence-corrected chi connectivity index (χ1v) is 9.03. The van der Waals surface area contributed by atoms with Gasteiger partial charge >= 0.3 is 5.82 Å². The van der Waals surface area contributed by atoms with Crippen molar-refractivity contribution in [1.29, 1.82) is 0 Å². The van der Waals surface area contributed by atoms with E-state index in [9.17, 15) is 14.9 Å². The molecule has 3 rings (SSSR count). The van der Waals surface area contributed by atoms with Gasteiger partial charge in [-0.3, -0.25) is 14.7 Å². The Morgan fingerprint density at radius 2 is 2.07 bits per heavy atom. The second kappa shape index (κ2) is 8.26. The van der Waals surface area contributed by atoms with Gasteiger partial charge in [0.2, 0.25) is 5.91 Å². The van der Waals surface area contributed by atoms with Gasteiger partial charge in [-0.25, -0.2) is 0 Å². The minimum absolute atomic E-state index is 0.0635. The van der Waals surface area contributed by atoms with E-state index in [0.29, 0.717) is 25.3 Å². The first-order valence-electron chi connectivity index (χ1n) is 9.03. The third-order valence-corrected chi connectivity index (χ3v) is 4.84. The van der Waals surface area contributed by atoms with Gasteiger partial charge in [-0.2, -0.15) is 4.68 Å². The fourth-order valence-corrected chi connectivity index (χ4v) is 3.29. The molecule has 1 atom stereocenters. The van der Waals surface area contributed by atoms with Gasteiger partial charge in [0, 0.05) is 45.1 Å². The zero-order chi connectivity index (χ0) is 19.4. The van der Waals surface area contributed by atoms with E-state index in [0.717, 1.165) is 19.6 Å². The van der Waals surface area contributed by atoms with Crippen LogP contribution in [0.15, 0.2) is 30.6 Å². The Morgan fingerprint density at radius 1 is 1.33 bits per heavy atom. The lowest BCUT2D eigenvalue weighted by atomic mass is 10.1. The van der Waals surface area contributed by atoms with Crippen molar-refractivity contribution >= 4 is 11.7 Å². The summed E-state index contributed by atoms with van der Waals surface area (Å²) in [6, 6.07) is 5.41. The minimum Gasteiger partial charge on any atom is -0.358 e. The van der Waals surface area contributed by atoms with Crippen molar-refractivity contribution in [2.75, 3.05) is 26.2 Å². The second-order valence-corrected chi connectivity index (χ2v) is 6.95. The second-order valence-electron chi connectivity index (χ2n) is 6.95. The Labute approximate surface area is 157 Å². The van der Waals surface area contributed by atoms with Crippen molar-refractivity contribution in [3.05, 3.63) is 52.0 Å². The molecule has 0 N–H and O–H groups in total. The molecule has 2 aromatic rings. The van der Waals surface area contributed by atoms with Crippen LogP contribution in [0.3, 0.4) is 0 Å². The Bertz CT molecular complexity index is 799. The molecule has 2 aromatic heterocycles. The van der Waals surface area contributed by atoms with Crippen LogP contribution >= 0.6 is 0 Å². The van der Waals surface area contributed by atoms with Gasteiger partial charge in [0.1, 0.15) is 0 Å². The lowest BCUT2D eigenvalue weighted by Crippen LogP contribution is -2.50. The molecule has 1 aliphatic rings. The number of nitrogens with zero attached hydrogens (tertiary/aromatic N) is 6. The molecule has 27 heavy (non-hydrogen) atoms. The van der Waals surface area contributed by atoms with Crippen LogP contribution in [0.4, 0.5) is 5.82 Å². The number of rotatable bonds is 6. The fourth-order valence-electron chi connectivity index (χ4n) is 3.29. The number of hydrogen-bond acceptors (Lipinski definition) is 6. The number of amides is 1. The molecule has 0 saturated carbocycles. The maximum absolute atomic E-state index is 12.7. The predicted molar refractivity (Wildman–Crippen MR) is 98.9 cm³/mol. The van der Waals surface area contributed by atoms with Gasteiger partial charge in [0.25, 0.3) is 0 Å². The largest absolute Gasteiger partial charge is 0.390 e. The van der Waals surface area contributed by atoms with E-state index in [1.54, 1.807) is 17.8 Å². The van der Waals surface area contributed by atoms with Crippen molar-refractivity contribution in [3.8, 4) is 0 Å². The lowest BCUT2D eigenvalue weighted by molar-refractivity contribution is -0.389. The van der Waals surface area contributed by atoms with Crippen LogP contribution in [0.25, 0.3) is 0 Å². The third-order valence-electron chi connectivity index (χ3n) is 4.84. The molecule has 9 heteroatoms. The summed E-state index contributed by atoms with van der Waals surface area (Å²) in [5.74, 6) is -0.405. The van der Waals surface area contributed by atoms with Crippen molar-refractivity contribution < 1.29 is 9.72 Å². The summed E-state index contributed by atoms with van der Waals surface area (Å²) in [4.78, 5) is 31.4. The van der Waals surface area contributed by atoms with Gasteiger partial charge in [-0.1, -0.05) is 13.0 Å². The van der Waals surface area contributed by atoms with Gasteiger partial charge < -0.3 is 15.0 Å². The average molecular weight is 372 g/mol. The topological polar surface area (TPSA) is 97.4 Å². The molecular weight excluding hydrogens is 348 g/mol. The fraction of sp³-hybridized carbons (Fsp3) is 0.500. The third kappa shape index (κ3) is 4.68. The number of piperazine rings is 1. The molecule has 0 radical (unpaired) electrons. The Hall–Kier alpha value is -2.81. The number of aromatic nitrogens is 3. The molecule has 1 saturated heterocycles. The van der Waals surface area contributed by atoms with Crippen LogP contribution in [0, 0.1) is 23.0 Å². The highest BCUT2D eigenvalue weighted by atomic mass is 16.6. The molecule has 0 spiro atoms. The molecule has 1 fully saturated rings. The van der Waals surface area contributed by atoms with Gasteiger partial charge in [0.05, 0.1) is 29.3 Å². The molecule has 3 heterocycles. The van der Waals surface area contributed by atoms with E-state index in [2.05, 4.69) is 21.0 Å². The number of carbonyl (C=O) groups excluding carboxylic acids is 1. The summed E-state index contributed by atoms with van der Waals surface area (Å²) >= 11 is 0. The van der Waals surface area contributed by atoms with Crippen LogP contribution in [0.1, 0.15) is 18.2 Å². The molecule has 144 valence electrons. The summed E-state index contributed by atoms with van der Waals surface area (Å²) in [6.07, 6.45) is 3.63. The SMILES string of the molecule is Cc1cc([N+](=O)[O-])nn1CC(C)C(=O)N1CCN(Cc2cccnc2)CC1. The van der Waals surface area contributed by atoms with Crippen LogP contribution < -0.4 is 0 Å². The van der Waals surface area contributed by atoms with E-state index >= 15 is 0 Å². The molecule has 0 aromatic carbocycles. The molecule has 0 aliphatic carbocycles. The maximum Gasteiger partial charge on any atom is 0.390 e. The standard InChI is InChI=1S/C18H24N6O3/c1-14(12-23-15(2)10-17(20-23)24(26)27)18(25)22-8-6-21(7-9-22)13-16-4-3-5-19-11-16/h3-5,10-11,14H,6-9,12-13H2,1-2H3. The van der Waals surface area contributed by atoms with Crippen LogP contribution in [0.2, 0.25) is 0 Å². The van der Waals surface area contributed by atoms with Crippen LogP contribution in [-0.2, 0) is 17.9 Å². The van der Waals surface area contributed by atoms with Crippen molar-refractivity contribution in [2.24, 2.45) is 5.92 Å². The highest BCUT2D eigenvalue weighted by molar-refractivity contribution is 5.78. The highest BCUT2D eigenvalue weighted by Gasteiger charge is 2.27. The molecule has 1 unspecified atom stereocenters. The highest BCUT2D eigenvalue weighted by Crippen LogP contribution is 2.15. The van der Waals surface area contributed by atoms with Gasteiger partial charge in [-0.15, -0.1) is 0 Å². The predicted octanol–water partition coefficient (Wildman–Crippen LogP) is 1.48. The van der Waals surface area contributed by atoms with Crippen LogP contribution in [-0.4, -0.2) is 61.6 Å². The van der Waals surface area contributed by atoms with Crippen molar-refractivity contribution in [3.63, 3.8) is 0 Å². The van der Waals surface area contributed by atoms with E-state index in [4.69, 9.17) is 0 Å². The number of pyridine rings is 1. The van der Waals surface area contributed by atoms with Crippen molar-refractivity contribution in [2.45, 2.75) is 26.9 Å². The first-order chi connectivity index (χ1) is 12.9. The quantitative estimate of drug-likeness (QED) is 0.563. The zero-order valence-electron chi connectivity index (χ0n) is 15.6. The smallest absolute Gasteiger partial charge is 0.358 e. The number of carbonyl (C=O) groups is 1. The number of aryl methyl sites for hydroxylation is 1. The van der Waals surface area contributed by atoms with Crippen LogP contribution in [0.5, 0.6) is 0 Å². The van der Waals surface area contributed by atoms with E-state index in [1.807, 2.05) is 24.1 Å². The molecule has 0 bridgehead atoms. The van der Waals surface area contributed by atoms with E-state index < -0.39 is 4.92 Å². The summed E-state index contributed by atoms with van der Waals surface area (Å²) in [5, 5.41) is 14.8. The Morgan fingerprint density at radius 3 is 2.67 bits per heavy atom. The van der Waals surface area contributed by atoms with Gasteiger partial charge in [0.15, 0.2) is 0 Å². The maximum atomic E-state index is 12.7. The monoisotopic (exact) mass is 372 g/mol. The summed E-state index contributed by atoms with van der Waals surface area (Å²) in [6.45, 7) is 7.78. The average Bonchev–Trinajstić information content (AvgIpc) is 3.03. The van der Waals surface area contributed by atoms with E-state index in [-0.39, 0.29) is 17.6 Å². The first kappa shape index (κ1) is 19.0. The molecule has 1 amide bonds. The molecule has 1 aliphatic heterocycles. The van der Waals surface area contributed by atoms with Gasteiger partial charge in [-0.05, 0) is 23.5 Å². The van der Waals surface area contributed by atoms with E-state index in [1.165, 1.54) is 11.6 Å². The number of hydrogen-bond donors (Lipinski definition) is 0.